The summed E-state index contributed by atoms with van der Waals surface area (Å²) in [4.78, 5) is 26.5. The Morgan fingerprint density at radius 3 is 2.71 bits per heavy atom. The lowest BCUT2D eigenvalue weighted by molar-refractivity contribution is 0.0697. The monoisotopic (exact) mass is 289 g/mol. The Hall–Kier alpha value is -2.96. The molecule has 0 atom stereocenters. The standard InChI is InChI=1S/C14H12FN3O3/c15-11-5-4-9(13(19)20)7-12(11)18-14(21)17-8-10-3-1-2-6-16-10/h1-7H,8H2,(H,19,20)(H2,17,18,21). The number of carbonyl (C=O) groups excluding carboxylic acids is 1. The number of nitrogens with zero attached hydrogens (tertiary/aromatic N) is 1. The molecule has 2 rings (SSSR count). The Balaban J connectivity index is 1.99. The molecule has 1 aromatic carbocycles. The molecule has 0 aliphatic rings. The molecule has 0 fully saturated rings. The molecule has 7 heteroatoms. The highest BCUT2D eigenvalue weighted by atomic mass is 19.1. The van der Waals surface area contributed by atoms with Crippen LogP contribution in [0.5, 0.6) is 0 Å². The molecule has 6 nitrogen and oxygen atoms in total. The first-order valence-electron chi connectivity index (χ1n) is 6.04. The van der Waals surface area contributed by atoms with Crippen molar-refractivity contribution < 1.29 is 19.1 Å². The summed E-state index contributed by atoms with van der Waals surface area (Å²) < 4.78 is 13.5. The van der Waals surface area contributed by atoms with Crippen LogP contribution in [0.25, 0.3) is 0 Å². The molecule has 108 valence electrons. The molecule has 1 heterocycles. The van der Waals surface area contributed by atoms with Gasteiger partial charge in [0.05, 0.1) is 23.5 Å². The molecule has 2 amide bonds. The number of benzene rings is 1. The van der Waals surface area contributed by atoms with Gasteiger partial charge in [-0.05, 0) is 30.3 Å². The second-order valence-corrected chi connectivity index (χ2v) is 4.13. The van der Waals surface area contributed by atoms with Gasteiger partial charge in [0, 0.05) is 6.20 Å². The van der Waals surface area contributed by atoms with Crippen LogP contribution in [0.2, 0.25) is 0 Å². The normalized spacial score (nSPS) is 9.95. The second-order valence-electron chi connectivity index (χ2n) is 4.13. The summed E-state index contributed by atoms with van der Waals surface area (Å²) in [6.45, 7) is 0.174. The highest BCUT2D eigenvalue weighted by Gasteiger charge is 2.11. The van der Waals surface area contributed by atoms with Crippen molar-refractivity contribution >= 4 is 17.7 Å². The maximum absolute atomic E-state index is 13.5. The minimum atomic E-state index is -1.20. The number of anilines is 1. The van der Waals surface area contributed by atoms with Gasteiger partial charge in [0.15, 0.2) is 0 Å². The first-order valence-corrected chi connectivity index (χ1v) is 6.04. The van der Waals surface area contributed by atoms with E-state index in [1.54, 1.807) is 24.4 Å². The predicted octanol–water partition coefficient (Wildman–Crippen LogP) is 2.24. The lowest BCUT2D eigenvalue weighted by Crippen LogP contribution is -2.29. The van der Waals surface area contributed by atoms with Crippen LogP contribution in [0.15, 0.2) is 42.6 Å². The van der Waals surface area contributed by atoms with E-state index < -0.39 is 17.8 Å². The molecule has 0 saturated heterocycles. The van der Waals surface area contributed by atoms with Gasteiger partial charge in [0.1, 0.15) is 5.82 Å². The number of aromatic carboxylic acids is 1. The van der Waals surface area contributed by atoms with Crippen LogP contribution in [-0.2, 0) is 6.54 Å². The van der Waals surface area contributed by atoms with E-state index in [0.717, 1.165) is 18.2 Å². The number of amides is 2. The summed E-state index contributed by atoms with van der Waals surface area (Å²) in [5.74, 6) is -1.92. The van der Waals surface area contributed by atoms with Crippen LogP contribution in [0.3, 0.4) is 0 Å². The average Bonchev–Trinajstić information content (AvgIpc) is 2.48. The summed E-state index contributed by atoms with van der Waals surface area (Å²) in [6, 6.07) is 7.76. The van der Waals surface area contributed by atoms with E-state index in [4.69, 9.17) is 5.11 Å². The molecule has 3 N–H and O–H groups in total. The number of carboxylic acid groups (broad SMARTS) is 1. The van der Waals surface area contributed by atoms with Gasteiger partial charge in [0.2, 0.25) is 0 Å². The largest absolute Gasteiger partial charge is 0.478 e. The number of carbonyl (C=O) groups is 2. The zero-order chi connectivity index (χ0) is 15.2. The zero-order valence-corrected chi connectivity index (χ0v) is 10.8. The molecule has 0 spiro atoms. The summed E-state index contributed by atoms with van der Waals surface area (Å²) >= 11 is 0. The fraction of sp³-hybridized carbons (Fsp3) is 0.0714. The smallest absolute Gasteiger partial charge is 0.335 e. The van der Waals surface area contributed by atoms with Crippen molar-refractivity contribution in [2.75, 3.05) is 5.32 Å². The Morgan fingerprint density at radius 2 is 2.05 bits per heavy atom. The van der Waals surface area contributed by atoms with Crippen molar-refractivity contribution in [1.29, 1.82) is 0 Å². The van der Waals surface area contributed by atoms with E-state index in [1.165, 1.54) is 0 Å². The fourth-order valence-electron chi connectivity index (χ4n) is 1.59. The predicted molar refractivity (Wildman–Crippen MR) is 73.5 cm³/mol. The molecule has 0 bridgehead atoms. The van der Waals surface area contributed by atoms with Crippen molar-refractivity contribution in [3.63, 3.8) is 0 Å². The number of halogens is 1. The van der Waals surface area contributed by atoms with Crippen molar-refractivity contribution in [2.45, 2.75) is 6.54 Å². The summed E-state index contributed by atoms with van der Waals surface area (Å²) in [5, 5.41) is 13.6. The number of rotatable bonds is 4. The van der Waals surface area contributed by atoms with Crippen molar-refractivity contribution in [3.05, 3.63) is 59.7 Å². The molecule has 0 radical (unpaired) electrons. The van der Waals surface area contributed by atoms with Crippen LogP contribution in [0.1, 0.15) is 16.1 Å². The quantitative estimate of drug-likeness (QED) is 0.805. The van der Waals surface area contributed by atoms with Crippen LogP contribution in [0, 0.1) is 5.82 Å². The third kappa shape index (κ3) is 4.00. The highest BCUT2D eigenvalue weighted by molar-refractivity contribution is 5.93. The first kappa shape index (κ1) is 14.4. The van der Waals surface area contributed by atoms with Crippen LogP contribution >= 0.6 is 0 Å². The summed E-state index contributed by atoms with van der Waals surface area (Å²) in [7, 11) is 0. The zero-order valence-electron chi connectivity index (χ0n) is 10.8. The van der Waals surface area contributed by atoms with Crippen LogP contribution < -0.4 is 10.6 Å². The van der Waals surface area contributed by atoms with E-state index in [0.29, 0.717) is 5.69 Å². The summed E-state index contributed by atoms with van der Waals surface area (Å²) in [5.41, 5.74) is 0.331. The maximum Gasteiger partial charge on any atom is 0.335 e. The van der Waals surface area contributed by atoms with Gasteiger partial charge in [-0.2, -0.15) is 0 Å². The lowest BCUT2D eigenvalue weighted by atomic mass is 10.2. The third-order valence-electron chi connectivity index (χ3n) is 2.62. The molecule has 0 aliphatic heterocycles. The Labute approximate surface area is 119 Å². The number of carboxylic acids is 1. The molecular weight excluding hydrogens is 277 g/mol. The van der Waals surface area contributed by atoms with Crippen LogP contribution in [-0.4, -0.2) is 22.1 Å². The fourth-order valence-corrected chi connectivity index (χ4v) is 1.59. The molecule has 1 aromatic heterocycles. The first-order chi connectivity index (χ1) is 10.1. The molecular formula is C14H12FN3O3. The second kappa shape index (κ2) is 6.47. The number of hydrogen-bond acceptors (Lipinski definition) is 3. The van der Waals surface area contributed by atoms with Gasteiger partial charge in [-0.1, -0.05) is 6.07 Å². The van der Waals surface area contributed by atoms with Crippen molar-refractivity contribution in [2.24, 2.45) is 0 Å². The van der Waals surface area contributed by atoms with Gasteiger partial charge >= 0.3 is 12.0 Å². The van der Waals surface area contributed by atoms with E-state index in [9.17, 15) is 14.0 Å². The van der Waals surface area contributed by atoms with Crippen molar-refractivity contribution in [1.82, 2.24) is 10.3 Å². The van der Waals surface area contributed by atoms with Gasteiger partial charge in [-0.15, -0.1) is 0 Å². The van der Waals surface area contributed by atoms with E-state index in [-0.39, 0.29) is 17.8 Å². The molecule has 2 aromatic rings. The topological polar surface area (TPSA) is 91.3 Å². The maximum atomic E-state index is 13.5. The van der Waals surface area contributed by atoms with E-state index in [2.05, 4.69) is 15.6 Å². The van der Waals surface area contributed by atoms with Gasteiger partial charge in [0.25, 0.3) is 0 Å². The number of nitrogens with one attached hydrogen (secondary N) is 2. The average molecular weight is 289 g/mol. The highest BCUT2D eigenvalue weighted by Crippen LogP contribution is 2.16. The summed E-state index contributed by atoms with van der Waals surface area (Å²) in [6.07, 6.45) is 1.59. The number of urea groups is 1. The van der Waals surface area contributed by atoms with Gasteiger partial charge in [-0.25, -0.2) is 14.0 Å². The number of pyridine rings is 1. The van der Waals surface area contributed by atoms with Gasteiger partial charge in [-0.3, -0.25) is 4.98 Å². The third-order valence-corrected chi connectivity index (χ3v) is 2.62. The van der Waals surface area contributed by atoms with Gasteiger partial charge < -0.3 is 15.7 Å². The molecule has 0 aliphatic carbocycles. The molecule has 21 heavy (non-hydrogen) atoms. The van der Waals surface area contributed by atoms with Crippen LogP contribution in [0.4, 0.5) is 14.9 Å². The lowest BCUT2D eigenvalue weighted by Gasteiger charge is -2.08. The minimum Gasteiger partial charge on any atom is -0.478 e. The molecule has 0 unspecified atom stereocenters. The Bertz CT molecular complexity index is 662. The van der Waals surface area contributed by atoms with E-state index >= 15 is 0 Å². The molecule has 0 saturated carbocycles. The minimum absolute atomic E-state index is 0.114. The number of hydrogen-bond donors (Lipinski definition) is 3. The van der Waals surface area contributed by atoms with E-state index in [1.807, 2.05) is 0 Å². The Morgan fingerprint density at radius 1 is 1.24 bits per heavy atom. The SMILES string of the molecule is O=C(NCc1ccccn1)Nc1cc(C(=O)O)ccc1F. The number of aromatic nitrogens is 1. The van der Waals surface area contributed by atoms with Crippen molar-refractivity contribution in [3.8, 4) is 0 Å². The Kier molecular flexibility index (Phi) is 4.45.